The zero-order chi connectivity index (χ0) is 22.9. The fraction of sp³-hybridized carbons (Fsp3) is 0.455. The van der Waals surface area contributed by atoms with E-state index in [1.54, 1.807) is 17.0 Å². The first kappa shape index (κ1) is 21.4. The van der Waals surface area contributed by atoms with E-state index in [0.29, 0.717) is 67.2 Å². The van der Waals surface area contributed by atoms with Crippen molar-refractivity contribution >= 4 is 23.6 Å². The number of hydrogen-bond donors (Lipinski definition) is 4. The number of nitrogens with zero attached hydrogens (tertiary/aromatic N) is 2. The Morgan fingerprint density at radius 1 is 1.24 bits per heavy atom. The molecule has 4 N–H and O–H groups in total. The Bertz CT molecular complexity index is 1080. The molecule has 3 aliphatic rings. The highest BCUT2D eigenvalue weighted by atomic mass is 16.5. The third-order valence-corrected chi connectivity index (χ3v) is 6.37. The number of H-pyrrole nitrogens is 1. The molecule has 3 heterocycles. The maximum Gasteiger partial charge on any atom is 0.409 e. The van der Waals surface area contributed by atoms with Gasteiger partial charge in [-0.05, 0) is 18.9 Å². The lowest BCUT2D eigenvalue weighted by molar-refractivity contribution is 0.0156. The van der Waals surface area contributed by atoms with Crippen LogP contribution in [-0.2, 0) is 9.47 Å². The van der Waals surface area contributed by atoms with Gasteiger partial charge in [0.2, 0.25) is 0 Å². The van der Waals surface area contributed by atoms with Crippen molar-refractivity contribution in [3.05, 3.63) is 35.0 Å². The van der Waals surface area contributed by atoms with Gasteiger partial charge >= 0.3 is 12.1 Å². The van der Waals surface area contributed by atoms with E-state index in [1.165, 1.54) is 7.11 Å². The van der Waals surface area contributed by atoms with Crippen LogP contribution in [0.2, 0.25) is 0 Å². The molecule has 0 radical (unpaired) electrons. The molecular formula is C22H26N6O5. The van der Waals surface area contributed by atoms with Crippen molar-refractivity contribution in [2.24, 2.45) is 0 Å². The predicted molar refractivity (Wildman–Crippen MR) is 118 cm³/mol. The molecule has 11 nitrogen and oxygen atoms in total. The molecule has 11 heteroatoms. The number of aromatic nitrogens is 2. The molecule has 0 bridgehead atoms. The molecule has 1 unspecified atom stereocenters. The first-order valence-electron chi connectivity index (χ1n) is 11.1. The second-order valence-electron chi connectivity index (χ2n) is 8.31. The van der Waals surface area contributed by atoms with E-state index in [2.05, 4.69) is 26.1 Å². The molecule has 174 valence electrons. The van der Waals surface area contributed by atoms with Crippen molar-refractivity contribution < 1.29 is 23.9 Å². The van der Waals surface area contributed by atoms with Crippen LogP contribution >= 0.6 is 0 Å². The lowest BCUT2D eigenvalue weighted by atomic mass is 9.90. The van der Waals surface area contributed by atoms with E-state index in [4.69, 9.17) is 9.47 Å². The summed E-state index contributed by atoms with van der Waals surface area (Å²) >= 11 is 0. The van der Waals surface area contributed by atoms with Crippen molar-refractivity contribution in [3.63, 3.8) is 0 Å². The summed E-state index contributed by atoms with van der Waals surface area (Å²) in [6.45, 7) is 2.89. The van der Waals surface area contributed by atoms with Crippen LogP contribution in [0.4, 0.5) is 15.3 Å². The summed E-state index contributed by atoms with van der Waals surface area (Å²) in [7, 11) is 1.37. The first-order chi connectivity index (χ1) is 16.1. The Kier molecular flexibility index (Phi) is 5.73. The van der Waals surface area contributed by atoms with Gasteiger partial charge in [-0.3, -0.25) is 9.89 Å². The van der Waals surface area contributed by atoms with Gasteiger partial charge in [0.15, 0.2) is 5.78 Å². The van der Waals surface area contributed by atoms with Crippen LogP contribution < -0.4 is 16.0 Å². The van der Waals surface area contributed by atoms with Gasteiger partial charge in [-0.25, -0.2) is 9.59 Å². The Balaban J connectivity index is 1.33. The van der Waals surface area contributed by atoms with Gasteiger partial charge < -0.3 is 30.3 Å². The van der Waals surface area contributed by atoms with Crippen LogP contribution in [0.1, 0.15) is 40.4 Å². The van der Waals surface area contributed by atoms with Crippen molar-refractivity contribution in [2.75, 3.05) is 45.2 Å². The van der Waals surface area contributed by atoms with Crippen LogP contribution in [0.5, 0.6) is 0 Å². The van der Waals surface area contributed by atoms with E-state index in [-0.39, 0.29) is 17.8 Å². The van der Waals surface area contributed by atoms with E-state index in [1.807, 2.05) is 6.07 Å². The number of ketones is 1. The van der Waals surface area contributed by atoms with Gasteiger partial charge in [-0.15, -0.1) is 0 Å². The Morgan fingerprint density at radius 3 is 2.79 bits per heavy atom. The molecule has 0 spiro atoms. The van der Waals surface area contributed by atoms with Crippen LogP contribution in [0.25, 0.3) is 11.3 Å². The number of piperidine rings is 1. The average Bonchev–Trinajstić information content (AvgIpc) is 3.40. The fourth-order valence-corrected chi connectivity index (χ4v) is 4.74. The molecule has 1 aromatic heterocycles. The van der Waals surface area contributed by atoms with Gasteiger partial charge in [-0.1, -0.05) is 12.1 Å². The molecule has 2 aliphatic heterocycles. The molecule has 33 heavy (non-hydrogen) atoms. The number of carbonyl (C=O) groups is 3. The topological polar surface area (TPSA) is 138 Å². The van der Waals surface area contributed by atoms with Crippen molar-refractivity contribution in [2.45, 2.75) is 25.0 Å². The number of rotatable bonds is 3. The van der Waals surface area contributed by atoms with Gasteiger partial charge in [0.25, 0.3) is 0 Å². The van der Waals surface area contributed by atoms with E-state index >= 15 is 0 Å². The number of anilines is 1. The van der Waals surface area contributed by atoms with E-state index in [0.717, 1.165) is 12.2 Å². The van der Waals surface area contributed by atoms with Gasteiger partial charge in [0, 0.05) is 37.7 Å². The number of methoxy groups -OCH3 is 1. The molecule has 2 fully saturated rings. The Hall–Kier alpha value is -3.44. The molecule has 3 amide bonds. The summed E-state index contributed by atoms with van der Waals surface area (Å²) in [4.78, 5) is 39.4. The lowest BCUT2D eigenvalue weighted by Crippen LogP contribution is -2.50. The number of morpholine rings is 1. The largest absolute Gasteiger partial charge is 0.453 e. The molecule has 1 aromatic carbocycles. The third-order valence-electron chi connectivity index (χ3n) is 6.37. The molecule has 1 aliphatic carbocycles. The number of carbonyl (C=O) groups excluding carboxylic acids is 3. The first-order valence-corrected chi connectivity index (χ1v) is 11.1. The molecule has 1 atom stereocenters. The SMILES string of the molecule is COC(=O)N1CCC(c2[nH]nc3c2C(=O)c2c(NC(=O)NC4CNCCO4)cccc2-3)CC1. The number of aromatic amines is 1. The Labute approximate surface area is 190 Å². The number of fused-ring (bicyclic) bond motifs is 3. The smallest absolute Gasteiger partial charge is 0.409 e. The maximum atomic E-state index is 13.5. The summed E-state index contributed by atoms with van der Waals surface area (Å²) in [6, 6.07) is 4.89. The van der Waals surface area contributed by atoms with Crippen LogP contribution in [0.3, 0.4) is 0 Å². The standard InChI is InChI=1S/C22H26N6O5/c1-32-22(31)28-8-5-12(6-9-28)18-17-19(27-26-18)13-3-2-4-14(16(13)20(17)29)24-21(30)25-15-11-23-7-10-33-15/h2-4,12,15,23H,5-11H2,1H3,(H,26,27)(H2,24,25,30). The minimum absolute atomic E-state index is 0.0797. The summed E-state index contributed by atoms with van der Waals surface area (Å²) in [6.07, 6.45) is 0.645. The predicted octanol–water partition coefficient (Wildman–Crippen LogP) is 1.63. The van der Waals surface area contributed by atoms with Crippen LogP contribution in [0.15, 0.2) is 18.2 Å². The van der Waals surface area contributed by atoms with Crippen molar-refractivity contribution in [1.82, 2.24) is 25.7 Å². The Morgan fingerprint density at radius 2 is 2.06 bits per heavy atom. The highest BCUT2D eigenvalue weighted by molar-refractivity contribution is 6.25. The van der Waals surface area contributed by atoms with Gasteiger partial charge in [0.05, 0.1) is 36.2 Å². The number of nitrogens with one attached hydrogen (secondary N) is 4. The number of hydrogen-bond acceptors (Lipinski definition) is 7. The quantitative estimate of drug-likeness (QED) is 0.472. The molecular weight excluding hydrogens is 428 g/mol. The van der Waals surface area contributed by atoms with Crippen molar-refractivity contribution in [3.8, 4) is 11.3 Å². The third kappa shape index (κ3) is 3.93. The van der Waals surface area contributed by atoms with E-state index < -0.39 is 12.3 Å². The highest BCUT2D eigenvalue weighted by Gasteiger charge is 2.38. The average molecular weight is 454 g/mol. The lowest BCUT2D eigenvalue weighted by Gasteiger charge is -2.30. The summed E-state index contributed by atoms with van der Waals surface area (Å²) < 4.78 is 10.3. The van der Waals surface area contributed by atoms with Crippen LogP contribution in [-0.4, -0.2) is 79.1 Å². The minimum atomic E-state index is -0.439. The maximum absolute atomic E-state index is 13.5. The number of amides is 3. The molecule has 2 saturated heterocycles. The number of urea groups is 1. The second kappa shape index (κ2) is 8.83. The van der Waals surface area contributed by atoms with Gasteiger partial charge in [0.1, 0.15) is 11.9 Å². The number of likely N-dealkylation sites (tertiary alicyclic amines) is 1. The molecule has 5 rings (SSSR count). The summed E-state index contributed by atoms with van der Waals surface area (Å²) in [5.41, 5.74) is 3.50. The monoisotopic (exact) mass is 454 g/mol. The number of benzene rings is 1. The highest BCUT2D eigenvalue weighted by Crippen LogP contribution is 2.43. The van der Waals surface area contributed by atoms with Crippen molar-refractivity contribution in [1.29, 1.82) is 0 Å². The summed E-state index contributed by atoms with van der Waals surface area (Å²) in [5, 5.41) is 16.2. The van der Waals surface area contributed by atoms with Crippen LogP contribution in [0, 0.1) is 0 Å². The van der Waals surface area contributed by atoms with Gasteiger partial charge in [-0.2, -0.15) is 5.10 Å². The molecule has 2 aromatic rings. The summed E-state index contributed by atoms with van der Waals surface area (Å²) in [5.74, 6) is -0.0818. The second-order valence-corrected chi connectivity index (χ2v) is 8.31. The zero-order valence-corrected chi connectivity index (χ0v) is 18.3. The fourth-order valence-electron chi connectivity index (χ4n) is 4.74. The minimum Gasteiger partial charge on any atom is -0.453 e. The normalized spacial score (nSPS) is 20.2. The van der Waals surface area contributed by atoms with E-state index in [9.17, 15) is 14.4 Å². The molecule has 0 saturated carbocycles. The zero-order valence-electron chi connectivity index (χ0n) is 18.3. The number of ether oxygens (including phenoxy) is 2.